The number of nitrogens with zero attached hydrogens (tertiary/aromatic N) is 6. The largest absolute Gasteiger partial charge is 0.417 e. The standard InChI is InChI=1S/C40H43F6N9O5S/c1-38(2)36(59)54(28-4-3-24(20-48)30(18-28)39(41,42)43)37(61)55(38)27-5-7-29(8-6-27)60-14-13-52-11-12-53(32(21-52)40(44,45)46)22-34(57)50-26-16-23(19-47)15-25(17-26)49-31-9-10-33(56)51-35(31)58/h3-4,15-18,27,29,31-32,49H,5-14,21-22H2,1-2H3,(H,50,57)(H,51,56,58)/t27?,29?,31?,32-/m1/s1. The Bertz CT molecular complexity index is 2150. The van der Waals surface area contributed by atoms with Gasteiger partial charge in [-0.05, 0) is 94.6 Å². The fourth-order valence-corrected chi connectivity index (χ4v) is 8.88. The van der Waals surface area contributed by atoms with Crippen molar-refractivity contribution in [3.05, 3.63) is 53.1 Å². The number of thiocarbonyl (C=S) groups is 1. The van der Waals surface area contributed by atoms with E-state index >= 15 is 0 Å². The number of imide groups is 1. The third-order valence-corrected chi connectivity index (χ3v) is 11.8. The van der Waals surface area contributed by atoms with E-state index in [1.807, 2.05) is 6.07 Å². The number of piperazine rings is 1. The van der Waals surface area contributed by atoms with Crippen molar-refractivity contribution in [2.45, 2.75) is 94.5 Å². The first-order valence-electron chi connectivity index (χ1n) is 19.6. The van der Waals surface area contributed by atoms with Crippen LogP contribution < -0.4 is 20.9 Å². The fourth-order valence-electron chi connectivity index (χ4n) is 8.32. The molecule has 1 unspecified atom stereocenters. The smallest absolute Gasteiger partial charge is 0.377 e. The molecule has 14 nitrogen and oxygen atoms in total. The molecule has 3 heterocycles. The Morgan fingerprint density at radius 3 is 2.31 bits per heavy atom. The molecule has 4 amide bonds. The average molecular weight is 876 g/mol. The van der Waals surface area contributed by atoms with Gasteiger partial charge in [-0.15, -0.1) is 0 Å². The van der Waals surface area contributed by atoms with Gasteiger partial charge in [0, 0.05) is 50.0 Å². The van der Waals surface area contributed by atoms with Crippen molar-refractivity contribution < 1.29 is 50.3 Å². The number of nitrogens with one attached hydrogen (secondary N) is 3. The van der Waals surface area contributed by atoms with Crippen molar-refractivity contribution in [2.75, 3.05) is 54.9 Å². The van der Waals surface area contributed by atoms with E-state index in [0.717, 1.165) is 21.9 Å². The lowest BCUT2D eigenvalue weighted by Gasteiger charge is -2.42. The van der Waals surface area contributed by atoms with Crippen LogP contribution in [0.4, 0.5) is 43.4 Å². The Hall–Kier alpha value is -5.35. The molecule has 0 spiro atoms. The monoisotopic (exact) mass is 875 g/mol. The minimum Gasteiger partial charge on any atom is -0.377 e. The van der Waals surface area contributed by atoms with Crippen LogP contribution in [0.25, 0.3) is 0 Å². The van der Waals surface area contributed by atoms with Gasteiger partial charge in [0.05, 0.1) is 53.8 Å². The topological polar surface area (TPSA) is 174 Å². The number of carbonyl (C=O) groups excluding carboxylic acids is 4. The molecule has 4 fully saturated rings. The number of carbonyl (C=O) groups is 4. The normalized spacial score (nSPS) is 24.0. The SMILES string of the molecule is CC1(C)C(=O)N(c2ccc(C#N)c(C(F)(F)F)c2)C(=S)N1C1CCC(OCCN2CCN(CC(=O)Nc3cc(C#N)cc(NC4CCC(=O)NC4=O)c3)[C@@H](C(F)(F)F)C2)CC1. The van der Waals surface area contributed by atoms with Gasteiger partial charge in [-0.3, -0.25) is 39.2 Å². The van der Waals surface area contributed by atoms with Crippen LogP contribution in [0.1, 0.15) is 69.1 Å². The zero-order valence-electron chi connectivity index (χ0n) is 33.2. The molecule has 2 atom stereocenters. The number of ether oxygens (including phenoxy) is 1. The molecule has 1 saturated carbocycles. The number of alkyl halides is 6. The Labute approximate surface area is 352 Å². The van der Waals surface area contributed by atoms with E-state index in [4.69, 9.17) is 17.0 Å². The molecule has 0 aromatic heterocycles. The van der Waals surface area contributed by atoms with Crippen LogP contribution in [0.5, 0.6) is 0 Å². The van der Waals surface area contributed by atoms with Gasteiger partial charge in [0.2, 0.25) is 17.7 Å². The zero-order chi connectivity index (χ0) is 44.4. The van der Waals surface area contributed by atoms with Gasteiger partial charge < -0.3 is 20.3 Å². The van der Waals surface area contributed by atoms with Crippen LogP contribution in [0.15, 0.2) is 36.4 Å². The first kappa shape index (κ1) is 45.2. The lowest BCUT2D eigenvalue weighted by atomic mass is 9.89. The molecule has 3 saturated heterocycles. The number of halogens is 6. The summed E-state index contributed by atoms with van der Waals surface area (Å²) in [5.41, 5.74) is -2.45. The fraction of sp³-hybridized carbons (Fsp3) is 0.525. The van der Waals surface area contributed by atoms with Gasteiger partial charge in [-0.2, -0.15) is 36.9 Å². The summed E-state index contributed by atoms with van der Waals surface area (Å²) >= 11 is 5.67. The van der Waals surface area contributed by atoms with Gasteiger partial charge in [-0.1, -0.05) is 0 Å². The molecule has 6 rings (SSSR count). The van der Waals surface area contributed by atoms with E-state index in [0.29, 0.717) is 31.4 Å². The summed E-state index contributed by atoms with van der Waals surface area (Å²) in [6.45, 7) is 2.83. The first-order chi connectivity index (χ1) is 28.7. The maximum atomic E-state index is 14.3. The van der Waals surface area contributed by atoms with Crippen LogP contribution in [-0.2, 0) is 30.1 Å². The number of hydrogen-bond acceptors (Lipinski definition) is 11. The van der Waals surface area contributed by atoms with Crippen molar-refractivity contribution >= 4 is 58.0 Å². The third kappa shape index (κ3) is 10.2. The second-order valence-electron chi connectivity index (χ2n) is 15.9. The van der Waals surface area contributed by atoms with Crippen LogP contribution in [0.3, 0.4) is 0 Å². The highest BCUT2D eigenvalue weighted by atomic mass is 32.1. The van der Waals surface area contributed by atoms with E-state index < -0.39 is 77.8 Å². The van der Waals surface area contributed by atoms with E-state index in [1.165, 1.54) is 30.3 Å². The first-order valence-corrected chi connectivity index (χ1v) is 20.0. The van der Waals surface area contributed by atoms with Crippen molar-refractivity contribution in [3.8, 4) is 12.1 Å². The van der Waals surface area contributed by atoms with Gasteiger partial charge in [0.1, 0.15) is 17.6 Å². The number of piperidine rings is 1. The molecule has 326 valence electrons. The Morgan fingerprint density at radius 1 is 0.967 bits per heavy atom. The number of anilines is 3. The van der Waals surface area contributed by atoms with E-state index in [2.05, 4.69) is 16.0 Å². The molecule has 0 bridgehead atoms. The number of rotatable bonds is 11. The van der Waals surface area contributed by atoms with E-state index in [1.54, 1.807) is 23.6 Å². The predicted octanol–water partition coefficient (Wildman–Crippen LogP) is 4.89. The highest BCUT2D eigenvalue weighted by molar-refractivity contribution is 7.80. The highest BCUT2D eigenvalue weighted by Crippen LogP contribution is 2.41. The lowest BCUT2D eigenvalue weighted by Crippen LogP contribution is -2.60. The van der Waals surface area contributed by atoms with Gasteiger partial charge >= 0.3 is 12.4 Å². The van der Waals surface area contributed by atoms with Crippen LogP contribution >= 0.6 is 12.2 Å². The number of hydrogen-bond donors (Lipinski definition) is 3. The molecule has 3 N–H and O–H groups in total. The maximum absolute atomic E-state index is 14.3. The van der Waals surface area contributed by atoms with Crippen LogP contribution in [-0.4, -0.2) is 119 Å². The Morgan fingerprint density at radius 2 is 1.67 bits per heavy atom. The quantitative estimate of drug-likeness (QED) is 0.159. The summed E-state index contributed by atoms with van der Waals surface area (Å²) in [5, 5.41) is 26.5. The number of amides is 4. The summed E-state index contributed by atoms with van der Waals surface area (Å²) in [6.07, 6.45) is -7.22. The molecular weight excluding hydrogens is 833 g/mol. The van der Waals surface area contributed by atoms with Crippen molar-refractivity contribution in [3.63, 3.8) is 0 Å². The van der Waals surface area contributed by atoms with Crippen molar-refractivity contribution in [1.29, 1.82) is 10.5 Å². The molecule has 0 radical (unpaired) electrons. The zero-order valence-corrected chi connectivity index (χ0v) is 34.0. The minimum absolute atomic E-state index is 0.0507. The summed E-state index contributed by atoms with van der Waals surface area (Å²) in [7, 11) is 0. The predicted molar refractivity (Wildman–Crippen MR) is 212 cm³/mol. The average Bonchev–Trinajstić information content (AvgIpc) is 3.37. The molecule has 4 aliphatic rings. The van der Waals surface area contributed by atoms with E-state index in [9.17, 15) is 56.0 Å². The highest BCUT2D eigenvalue weighted by Gasteiger charge is 2.53. The second-order valence-corrected chi connectivity index (χ2v) is 16.3. The van der Waals surface area contributed by atoms with Gasteiger partial charge in [0.25, 0.3) is 5.91 Å². The molecule has 21 heteroatoms. The molecule has 3 aliphatic heterocycles. The lowest BCUT2D eigenvalue weighted by molar-refractivity contribution is -0.197. The summed E-state index contributed by atoms with van der Waals surface area (Å²) < 4.78 is 90.3. The van der Waals surface area contributed by atoms with E-state index in [-0.39, 0.29) is 73.3 Å². The Balaban J connectivity index is 0.988. The van der Waals surface area contributed by atoms with Crippen LogP contribution in [0, 0.1) is 22.7 Å². The molecule has 2 aromatic carbocycles. The van der Waals surface area contributed by atoms with Gasteiger partial charge in [-0.25, -0.2) is 0 Å². The van der Waals surface area contributed by atoms with Crippen molar-refractivity contribution in [2.24, 2.45) is 0 Å². The molecule has 61 heavy (non-hydrogen) atoms. The summed E-state index contributed by atoms with van der Waals surface area (Å²) in [6, 6.07) is 7.80. The van der Waals surface area contributed by atoms with Crippen molar-refractivity contribution in [1.82, 2.24) is 20.0 Å². The van der Waals surface area contributed by atoms with Crippen LogP contribution in [0.2, 0.25) is 0 Å². The third-order valence-electron chi connectivity index (χ3n) is 11.4. The second kappa shape index (κ2) is 17.9. The minimum atomic E-state index is -4.82. The molecule has 2 aromatic rings. The number of nitriles is 2. The number of benzene rings is 2. The summed E-state index contributed by atoms with van der Waals surface area (Å²) in [4.78, 5) is 55.9. The summed E-state index contributed by atoms with van der Waals surface area (Å²) in [5.74, 6) is -2.19. The van der Waals surface area contributed by atoms with Gasteiger partial charge in [0.15, 0.2) is 5.11 Å². The Kier molecular flexibility index (Phi) is 13.3. The molecule has 1 aliphatic carbocycles. The molecular formula is C40H43F6N9O5S. The maximum Gasteiger partial charge on any atom is 0.417 e.